The molecule has 2 aromatic carbocycles. The van der Waals surface area contributed by atoms with Crippen LogP contribution < -0.4 is 5.32 Å². The standard InChI is InChI=1S/C17H18FN/c1-12-2-7-17-15(8-12)10-14(11-19-17)9-13-3-5-16(18)6-4-13/h2-8,14,19H,9-11H2,1H3. The highest BCUT2D eigenvalue weighted by atomic mass is 19.1. The number of benzene rings is 2. The van der Waals surface area contributed by atoms with E-state index in [1.807, 2.05) is 12.1 Å². The molecular weight excluding hydrogens is 237 g/mol. The maximum absolute atomic E-state index is 12.9. The second-order valence-electron chi connectivity index (χ2n) is 5.44. The van der Waals surface area contributed by atoms with Gasteiger partial charge in [0.15, 0.2) is 0 Å². The number of rotatable bonds is 2. The van der Waals surface area contributed by atoms with Crippen LogP contribution >= 0.6 is 0 Å². The summed E-state index contributed by atoms with van der Waals surface area (Å²) < 4.78 is 12.9. The van der Waals surface area contributed by atoms with Crippen LogP contribution in [0.15, 0.2) is 42.5 Å². The molecule has 1 unspecified atom stereocenters. The van der Waals surface area contributed by atoms with Crippen LogP contribution in [0.2, 0.25) is 0 Å². The van der Waals surface area contributed by atoms with Crippen molar-refractivity contribution in [1.29, 1.82) is 0 Å². The average molecular weight is 255 g/mol. The predicted molar refractivity (Wildman–Crippen MR) is 77.0 cm³/mol. The fourth-order valence-corrected chi connectivity index (χ4v) is 2.80. The van der Waals surface area contributed by atoms with E-state index in [2.05, 4.69) is 30.4 Å². The third kappa shape index (κ3) is 2.78. The number of hydrogen-bond donors (Lipinski definition) is 1. The minimum Gasteiger partial charge on any atom is -0.385 e. The first-order chi connectivity index (χ1) is 9.20. The predicted octanol–water partition coefficient (Wildman–Crippen LogP) is 3.96. The van der Waals surface area contributed by atoms with Crippen molar-refractivity contribution in [2.75, 3.05) is 11.9 Å². The normalized spacial score (nSPS) is 17.7. The molecule has 1 aliphatic heterocycles. The first-order valence-corrected chi connectivity index (χ1v) is 6.78. The van der Waals surface area contributed by atoms with Gasteiger partial charge in [0.25, 0.3) is 0 Å². The van der Waals surface area contributed by atoms with E-state index in [4.69, 9.17) is 0 Å². The van der Waals surface area contributed by atoms with E-state index in [9.17, 15) is 4.39 Å². The summed E-state index contributed by atoms with van der Waals surface area (Å²) in [4.78, 5) is 0. The number of aryl methyl sites for hydroxylation is 1. The van der Waals surface area contributed by atoms with Crippen molar-refractivity contribution in [2.24, 2.45) is 5.92 Å². The average Bonchev–Trinajstić information content (AvgIpc) is 2.41. The molecule has 0 aliphatic carbocycles. The zero-order valence-electron chi connectivity index (χ0n) is 11.1. The summed E-state index contributed by atoms with van der Waals surface area (Å²) in [5, 5.41) is 3.50. The minimum absolute atomic E-state index is 0.161. The van der Waals surface area contributed by atoms with E-state index < -0.39 is 0 Å². The van der Waals surface area contributed by atoms with Gasteiger partial charge in [-0.05, 0) is 55.0 Å². The van der Waals surface area contributed by atoms with Crippen molar-refractivity contribution >= 4 is 5.69 Å². The van der Waals surface area contributed by atoms with Crippen molar-refractivity contribution in [3.05, 3.63) is 65.0 Å². The van der Waals surface area contributed by atoms with Crippen molar-refractivity contribution < 1.29 is 4.39 Å². The summed E-state index contributed by atoms with van der Waals surface area (Å²) in [6.07, 6.45) is 2.10. The molecule has 0 bridgehead atoms. The number of hydrogen-bond acceptors (Lipinski definition) is 1. The fourth-order valence-electron chi connectivity index (χ4n) is 2.80. The molecule has 19 heavy (non-hydrogen) atoms. The second kappa shape index (κ2) is 5.04. The van der Waals surface area contributed by atoms with Crippen molar-refractivity contribution in [3.8, 4) is 0 Å². The summed E-state index contributed by atoms with van der Waals surface area (Å²) in [5.74, 6) is 0.422. The van der Waals surface area contributed by atoms with Crippen LogP contribution in [-0.4, -0.2) is 6.54 Å². The van der Waals surface area contributed by atoms with Crippen LogP contribution in [0.4, 0.5) is 10.1 Å². The number of halogens is 1. The van der Waals surface area contributed by atoms with E-state index >= 15 is 0 Å². The van der Waals surface area contributed by atoms with Gasteiger partial charge in [0.05, 0.1) is 0 Å². The smallest absolute Gasteiger partial charge is 0.123 e. The Bertz CT molecular complexity index is 574. The van der Waals surface area contributed by atoms with Crippen LogP contribution in [0.1, 0.15) is 16.7 Å². The van der Waals surface area contributed by atoms with E-state index in [0.717, 1.165) is 19.4 Å². The molecule has 98 valence electrons. The third-order valence-electron chi connectivity index (χ3n) is 3.79. The van der Waals surface area contributed by atoms with Gasteiger partial charge in [-0.25, -0.2) is 4.39 Å². The third-order valence-corrected chi connectivity index (χ3v) is 3.79. The summed E-state index contributed by atoms with van der Waals surface area (Å²) in [6, 6.07) is 13.4. The highest BCUT2D eigenvalue weighted by Gasteiger charge is 2.18. The Hall–Kier alpha value is -1.83. The molecule has 2 heteroatoms. The van der Waals surface area contributed by atoms with Crippen molar-refractivity contribution in [3.63, 3.8) is 0 Å². The zero-order valence-corrected chi connectivity index (χ0v) is 11.1. The Morgan fingerprint density at radius 2 is 1.95 bits per heavy atom. The highest BCUT2D eigenvalue weighted by molar-refractivity contribution is 5.54. The first kappa shape index (κ1) is 12.2. The van der Waals surface area contributed by atoms with Crippen LogP contribution in [0, 0.1) is 18.7 Å². The molecule has 1 N–H and O–H groups in total. The van der Waals surface area contributed by atoms with Gasteiger partial charge in [-0.1, -0.05) is 29.8 Å². The van der Waals surface area contributed by atoms with Crippen LogP contribution in [0.25, 0.3) is 0 Å². The SMILES string of the molecule is Cc1ccc2c(c1)CC(Cc1ccc(F)cc1)CN2. The highest BCUT2D eigenvalue weighted by Crippen LogP contribution is 2.27. The molecule has 0 spiro atoms. The summed E-state index contributed by atoms with van der Waals surface area (Å²) in [7, 11) is 0. The van der Waals surface area contributed by atoms with Gasteiger partial charge < -0.3 is 5.32 Å². The molecular formula is C17H18FN. The molecule has 0 saturated carbocycles. The van der Waals surface area contributed by atoms with Gasteiger partial charge >= 0.3 is 0 Å². The van der Waals surface area contributed by atoms with Gasteiger partial charge in [-0.3, -0.25) is 0 Å². The second-order valence-corrected chi connectivity index (χ2v) is 5.44. The number of fused-ring (bicyclic) bond motifs is 1. The first-order valence-electron chi connectivity index (χ1n) is 6.78. The molecule has 1 heterocycles. The lowest BCUT2D eigenvalue weighted by Crippen LogP contribution is -2.24. The fraction of sp³-hybridized carbons (Fsp3) is 0.294. The summed E-state index contributed by atoms with van der Waals surface area (Å²) in [6.45, 7) is 3.12. The van der Waals surface area contributed by atoms with Crippen molar-refractivity contribution in [2.45, 2.75) is 19.8 Å². The Balaban J connectivity index is 1.73. The largest absolute Gasteiger partial charge is 0.385 e. The lowest BCUT2D eigenvalue weighted by molar-refractivity contribution is 0.534. The topological polar surface area (TPSA) is 12.0 Å². The molecule has 1 aliphatic rings. The Morgan fingerprint density at radius 3 is 2.74 bits per heavy atom. The molecule has 0 aromatic heterocycles. The monoisotopic (exact) mass is 255 g/mol. The van der Waals surface area contributed by atoms with Gasteiger partial charge in [0, 0.05) is 12.2 Å². The van der Waals surface area contributed by atoms with Crippen LogP contribution in [-0.2, 0) is 12.8 Å². The minimum atomic E-state index is -0.161. The van der Waals surface area contributed by atoms with Crippen LogP contribution in [0.5, 0.6) is 0 Å². The van der Waals surface area contributed by atoms with E-state index in [1.54, 1.807) is 12.1 Å². The Morgan fingerprint density at radius 1 is 1.16 bits per heavy atom. The molecule has 0 saturated heterocycles. The van der Waals surface area contributed by atoms with Gasteiger partial charge in [0.2, 0.25) is 0 Å². The Labute approximate surface area is 113 Å². The molecule has 3 rings (SSSR count). The summed E-state index contributed by atoms with van der Waals surface area (Å²) in [5.41, 5.74) is 5.19. The van der Waals surface area contributed by atoms with Gasteiger partial charge in [-0.2, -0.15) is 0 Å². The number of nitrogens with one attached hydrogen (secondary N) is 1. The zero-order chi connectivity index (χ0) is 13.2. The van der Waals surface area contributed by atoms with Gasteiger partial charge in [0.1, 0.15) is 5.82 Å². The summed E-state index contributed by atoms with van der Waals surface area (Å²) >= 11 is 0. The van der Waals surface area contributed by atoms with E-state index in [-0.39, 0.29) is 5.82 Å². The lowest BCUT2D eigenvalue weighted by Gasteiger charge is -2.26. The maximum atomic E-state index is 12.9. The molecule has 1 nitrogen and oxygen atoms in total. The molecule has 0 amide bonds. The molecule has 0 radical (unpaired) electrons. The quantitative estimate of drug-likeness (QED) is 0.856. The van der Waals surface area contributed by atoms with Crippen LogP contribution in [0.3, 0.4) is 0 Å². The molecule has 1 atom stereocenters. The van der Waals surface area contributed by atoms with E-state index in [0.29, 0.717) is 5.92 Å². The maximum Gasteiger partial charge on any atom is 0.123 e. The van der Waals surface area contributed by atoms with Crippen molar-refractivity contribution in [1.82, 2.24) is 0 Å². The van der Waals surface area contributed by atoms with E-state index in [1.165, 1.54) is 22.4 Å². The van der Waals surface area contributed by atoms with Gasteiger partial charge in [-0.15, -0.1) is 0 Å². The Kier molecular flexibility index (Phi) is 3.24. The lowest BCUT2D eigenvalue weighted by atomic mass is 9.88. The molecule has 2 aromatic rings. The number of anilines is 1. The molecule has 0 fully saturated rings.